The molecule has 0 aliphatic carbocycles. The molecule has 1 aliphatic rings. The van der Waals surface area contributed by atoms with Crippen LogP contribution in [0.1, 0.15) is 47.4 Å². The molecule has 1 N–H and O–H groups in total. The zero-order valence-corrected chi connectivity index (χ0v) is 17.4. The van der Waals surface area contributed by atoms with Crippen molar-refractivity contribution in [2.75, 3.05) is 13.2 Å². The highest BCUT2D eigenvalue weighted by molar-refractivity contribution is 6.18. The number of fused-ring (bicyclic) bond motifs is 3. The fourth-order valence-electron chi connectivity index (χ4n) is 4.00. The minimum atomic E-state index is -0.428. The molecule has 154 valence electrons. The maximum absolute atomic E-state index is 13.2. The first-order chi connectivity index (χ1) is 14.6. The summed E-state index contributed by atoms with van der Waals surface area (Å²) in [6, 6.07) is 15.7. The van der Waals surface area contributed by atoms with Crippen molar-refractivity contribution in [3.63, 3.8) is 0 Å². The third-order valence-electron chi connectivity index (χ3n) is 5.47. The number of ether oxygens (including phenoxy) is 1. The van der Waals surface area contributed by atoms with Crippen molar-refractivity contribution in [2.45, 2.75) is 33.1 Å². The summed E-state index contributed by atoms with van der Waals surface area (Å²) >= 11 is 0. The van der Waals surface area contributed by atoms with Crippen molar-refractivity contribution in [3.05, 3.63) is 77.1 Å². The molecule has 5 heteroatoms. The van der Waals surface area contributed by atoms with Crippen LogP contribution in [0.2, 0.25) is 0 Å². The number of esters is 1. The molecular weight excluding hydrogens is 376 g/mol. The van der Waals surface area contributed by atoms with E-state index in [-0.39, 0.29) is 12.5 Å². The van der Waals surface area contributed by atoms with Gasteiger partial charge in [-0.1, -0.05) is 43.7 Å². The van der Waals surface area contributed by atoms with E-state index in [1.54, 1.807) is 18.0 Å². The molecule has 0 saturated heterocycles. The molecular formula is C25H26N2O3. The van der Waals surface area contributed by atoms with Crippen LogP contribution >= 0.6 is 0 Å². The average Bonchev–Trinajstić information content (AvgIpc) is 3.02. The number of aromatic amines is 1. The predicted molar refractivity (Wildman–Crippen MR) is 118 cm³/mol. The van der Waals surface area contributed by atoms with Crippen LogP contribution in [0.5, 0.6) is 0 Å². The zero-order chi connectivity index (χ0) is 21.1. The highest BCUT2D eigenvalue weighted by atomic mass is 16.5. The number of carbonyl (C=O) groups is 2. The Morgan fingerprint density at radius 3 is 2.57 bits per heavy atom. The molecule has 0 spiro atoms. The van der Waals surface area contributed by atoms with Gasteiger partial charge in [-0.3, -0.25) is 4.79 Å². The molecule has 0 atom stereocenters. The molecule has 0 radical (unpaired) electrons. The summed E-state index contributed by atoms with van der Waals surface area (Å²) in [5.74, 6) is -0.544. The minimum absolute atomic E-state index is 0.116. The number of aryl methyl sites for hydroxylation is 1. The SMILES string of the molecule is CCCc1ccc(C(=O)N2C=C(C(=O)OCC)c3[nH]c4ccccc4c3CC2)cc1. The fourth-order valence-corrected chi connectivity index (χ4v) is 4.00. The number of nitrogens with one attached hydrogen (secondary N) is 1. The first-order valence-electron chi connectivity index (χ1n) is 10.5. The van der Waals surface area contributed by atoms with E-state index in [9.17, 15) is 9.59 Å². The van der Waals surface area contributed by atoms with Crippen molar-refractivity contribution in [1.29, 1.82) is 0 Å². The van der Waals surface area contributed by atoms with Crippen LogP contribution in [0.25, 0.3) is 16.5 Å². The predicted octanol–water partition coefficient (Wildman–Crippen LogP) is 4.72. The van der Waals surface area contributed by atoms with Gasteiger partial charge in [-0.25, -0.2) is 4.79 Å². The Balaban J connectivity index is 1.72. The van der Waals surface area contributed by atoms with Crippen LogP contribution in [-0.2, 0) is 22.4 Å². The smallest absolute Gasteiger partial charge is 0.341 e. The van der Waals surface area contributed by atoms with E-state index in [2.05, 4.69) is 11.9 Å². The van der Waals surface area contributed by atoms with Gasteiger partial charge >= 0.3 is 5.97 Å². The van der Waals surface area contributed by atoms with Crippen molar-refractivity contribution in [2.24, 2.45) is 0 Å². The standard InChI is InChI=1S/C25H26N2O3/c1-3-7-17-10-12-18(13-11-17)24(28)27-15-14-20-19-8-5-6-9-22(19)26-23(20)21(16-27)25(29)30-4-2/h5-6,8-13,16,26H,3-4,7,14-15H2,1-2H3. The summed E-state index contributed by atoms with van der Waals surface area (Å²) in [5.41, 5.74) is 4.97. The van der Waals surface area contributed by atoms with Crippen LogP contribution in [0.3, 0.4) is 0 Å². The molecule has 2 heterocycles. The second-order valence-electron chi connectivity index (χ2n) is 7.48. The van der Waals surface area contributed by atoms with Crippen molar-refractivity contribution >= 4 is 28.4 Å². The van der Waals surface area contributed by atoms with Gasteiger partial charge in [-0.2, -0.15) is 0 Å². The molecule has 2 aromatic carbocycles. The Morgan fingerprint density at radius 2 is 1.83 bits per heavy atom. The Morgan fingerprint density at radius 1 is 1.07 bits per heavy atom. The lowest BCUT2D eigenvalue weighted by Crippen LogP contribution is -2.28. The zero-order valence-electron chi connectivity index (χ0n) is 17.4. The van der Waals surface area contributed by atoms with Gasteiger partial charge in [-0.15, -0.1) is 0 Å². The number of amides is 1. The summed E-state index contributed by atoms with van der Waals surface area (Å²) < 4.78 is 5.30. The number of aromatic nitrogens is 1. The van der Waals surface area contributed by atoms with E-state index >= 15 is 0 Å². The lowest BCUT2D eigenvalue weighted by molar-refractivity contribution is -0.136. The second-order valence-corrected chi connectivity index (χ2v) is 7.48. The summed E-state index contributed by atoms with van der Waals surface area (Å²) in [4.78, 5) is 31.0. The molecule has 0 unspecified atom stereocenters. The summed E-state index contributed by atoms with van der Waals surface area (Å²) in [6.07, 6.45) is 4.35. The van der Waals surface area contributed by atoms with Crippen LogP contribution in [-0.4, -0.2) is 34.9 Å². The number of nitrogens with zero attached hydrogens (tertiary/aromatic N) is 1. The van der Waals surface area contributed by atoms with Gasteiger partial charge in [0.2, 0.25) is 0 Å². The first kappa shape index (κ1) is 20.0. The number of para-hydroxylation sites is 1. The Kier molecular flexibility index (Phi) is 5.70. The van der Waals surface area contributed by atoms with Gasteiger partial charge in [0.15, 0.2) is 0 Å². The van der Waals surface area contributed by atoms with Gasteiger partial charge in [-0.05, 0) is 49.1 Å². The van der Waals surface area contributed by atoms with Crippen LogP contribution in [0.15, 0.2) is 54.7 Å². The minimum Gasteiger partial charge on any atom is -0.462 e. The van der Waals surface area contributed by atoms with Gasteiger partial charge in [0.05, 0.1) is 17.9 Å². The van der Waals surface area contributed by atoms with Gasteiger partial charge < -0.3 is 14.6 Å². The van der Waals surface area contributed by atoms with Crippen LogP contribution in [0.4, 0.5) is 0 Å². The highest BCUT2D eigenvalue weighted by Crippen LogP contribution is 2.31. The number of hydrogen-bond acceptors (Lipinski definition) is 3. The Labute approximate surface area is 176 Å². The average molecular weight is 402 g/mol. The monoisotopic (exact) mass is 402 g/mol. The Bertz CT molecular complexity index is 1110. The molecule has 3 aromatic rings. The van der Waals surface area contributed by atoms with Crippen molar-refractivity contribution in [1.82, 2.24) is 9.88 Å². The third kappa shape index (κ3) is 3.75. The van der Waals surface area contributed by atoms with Crippen molar-refractivity contribution < 1.29 is 14.3 Å². The third-order valence-corrected chi connectivity index (χ3v) is 5.47. The molecule has 1 aliphatic heterocycles. The molecule has 4 rings (SSSR count). The molecule has 5 nitrogen and oxygen atoms in total. The van der Waals surface area contributed by atoms with E-state index < -0.39 is 5.97 Å². The van der Waals surface area contributed by atoms with Crippen LogP contribution < -0.4 is 0 Å². The van der Waals surface area contributed by atoms with E-state index in [0.29, 0.717) is 24.1 Å². The van der Waals surface area contributed by atoms with Gasteiger partial charge in [0.1, 0.15) is 0 Å². The number of H-pyrrole nitrogens is 1. The topological polar surface area (TPSA) is 62.4 Å². The fraction of sp³-hybridized carbons (Fsp3) is 0.280. The summed E-state index contributed by atoms with van der Waals surface area (Å²) in [5, 5.41) is 1.07. The maximum atomic E-state index is 13.2. The van der Waals surface area contributed by atoms with Gasteiger partial charge in [0, 0.05) is 29.2 Å². The lowest BCUT2D eigenvalue weighted by Gasteiger charge is -2.18. The van der Waals surface area contributed by atoms with E-state index in [0.717, 1.165) is 35.0 Å². The van der Waals surface area contributed by atoms with E-state index in [4.69, 9.17) is 4.74 Å². The second kappa shape index (κ2) is 8.57. The Hall–Kier alpha value is -3.34. The largest absolute Gasteiger partial charge is 0.462 e. The van der Waals surface area contributed by atoms with E-state index in [1.807, 2.05) is 48.5 Å². The number of hydrogen-bond donors (Lipinski definition) is 1. The number of benzene rings is 2. The molecule has 1 amide bonds. The van der Waals surface area contributed by atoms with Crippen molar-refractivity contribution in [3.8, 4) is 0 Å². The summed E-state index contributed by atoms with van der Waals surface area (Å²) in [6.45, 7) is 4.68. The molecule has 0 saturated carbocycles. The number of carbonyl (C=O) groups excluding carboxylic acids is 2. The van der Waals surface area contributed by atoms with E-state index in [1.165, 1.54) is 5.56 Å². The first-order valence-corrected chi connectivity index (χ1v) is 10.5. The maximum Gasteiger partial charge on any atom is 0.341 e. The molecule has 0 bridgehead atoms. The van der Waals surface area contributed by atoms with Crippen LogP contribution in [0, 0.1) is 0 Å². The number of rotatable bonds is 5. The highest BCUT2D eigenvalue weighted by Gasteiger charge is 2.27. The summed E-state index contributed by atoms with van der Waals surface area (Å²) in [7, 11) is 0. The molecule has 1 aromatic heterocycles. The van der Waals surface area contributed by atoms with Gasteiger partial charge in [0.25, 0.3) is 5.91 Å². The normalized spacial score (nSPS) is 13.5. The lowest BCUT2D eigenvalue weighted by atomic mass is 10.0. The quantitative estimate of drug-likeness (QED) is 0.628. The molecule has 0 fully saturated rings. The molecule has 30 heavy (non-hydrogen) atoms.